The van der Waals surface area contributed by atoms with Crippen LogP contribution in [0.15, 0.2) is 24.3 Å². The predicted octanol–water partition coefficient (Wildman–Crippen LogP) is 2.00. The van der Waals surface area contributed by atoms with Crippen molar-refractivity contribution in [3.05, 3.63) is 29.8 Å². The fraction of sp³-hybridized carbons (Fsp3) is 0.385. The number of piperidine rings is 1. The first-order chi connectivity index (χ1) is 8.24. The molecule has 88 valence electrons. The van der Waals surface area contributed by atoms with Crippen molar-refractivity contribution in [3.8, 4) is 6.07 Å². The third-order valence-electron chi connectivity index (χ3n) is 3.12. The SMILES string of the molecule is N#Cc1ccccc1N1CCCCC1C(=O)O. The summed E-state index contributed by atoms with van der Waals surface area (Å²) in [5.74, 6) is -0.808. The monoisotopic (exact) mass is 230 g/mol. The summed E-state index contributed by atoms with van der Waals surface area (Å²) in [6.07, 6.45) is 2.56. The first kappa shape index (κ1) is 11.5. The third-order valence-corrected chi connectivity index (χ3v) is 3.12. The van der Waals surface area contributed by atoms with Crippen LogP contribution in [0.3, 0.4) is 0 Å². The molecule has 1 saturated heterocycles. The zero-order chi connectivity index (χ0) is 12.3. The molecule has 0 radical (unpaired) electrons. The molecular weight excluding hydrogens is 216 g/mol. The largest absolute Gasteiger partial charge is 0.480 e. The van der Waals surface area contributed by atoms with Gasteiger partial charge < -0.3 is 10.0 Å². The second kappa shape index (κ2) is 4.88. The molecule has 0 amide bonds. The van der Waals surface area contributed by atoms with Crippen molar-refractivity contribution in [1.29, 1.82) is 5.26 Å². The minimum absolute atomic E-state index is 0.502. The Labute approximate surface area is 100 Å². The molecule has 1 fully saturated rings. The van der Waals surface area contributed by atoms with E-state index in [4.69, 9.17) is 5.26 Å². The number of nitriles is 1. The van der Waals surface area contributed by atoms with E-state index in [1.165, 1.54) is 0 Å². The number of carboxylic acids is 1. The van der Waals surface area contributed by atoms with Gasteiger partial charge in [-0.15, -0.1) is 0 Å². The first-order valence-electron chi connectivity index (χ1n) is 5.72. The molecule has 0 bridgehead atoms. The summed E-state index contributed by atoms with van der Waals surface area (Å²) in [4.78, 5) is 13.1. The highest BCUT2D eigenvalue weighted by Crippen LogP contribution is 2.27. The molecule has 1 unspecified atom stereocenters. The molecule has 1 aromatic carbocycles. The molecule has 0 aromatic heterocycles. The second-order valence-electron chi connectivity index (χ2n) is 4.17. The van der Waals surface area contributed by atoms with Crippen molar-refractivity contribution in [2.45, 2.75) is 25.3 Å². The molecule has 1 heterocycles. The van der Waals surface area contributed by atoms with Gasteiger partial charge in [-0.1, -0.05) is 12.1 Å². The molecule has 4 nitrogen and oxygen atoms in total. The van der Waals surface area contributed by atoms with Gasteiger partial charge in [-0.05, 0) is 31.4 Å². The lowest BCUT2D eigenvalue weighted by Gasteiger charge is -2.35. The molecule has 1 aromatic rings. The smallest absolute Gasteiger partial charge is 0.326 e. The van der Waals surface area contributed by atoms with Crippen LogP contribution in [0.25, 0.3) is 0 Å². The van der Waals surface area contributed by atoms with Crippen molar-refractivity contribution in [1.82, 2.24) is 0 Å². The number of carboxylic acid groups (broad SMARTS) is 1. The summed E-state index contributed by atoms with van der Waals surface area (Å²) in [6.45, 7) is 0.704. The van der Waals surface area contributed by atoms with Gasteiger partial charge in [-0.3, -0.25) is 0 Å². The Morgan fingerprint density at radius 2 is 2.18 bits per heavy atom. The lowest BCUT2D eigenvalue weighted by atomic mass is 10.00. The third kappa shape index (κ3) is 2.23. The van der Waals surface area contributed by atoms with Gasteiger partial charge in [0.25, 0.3) is 0 Å². The lowest BCUT2D eigenvalue weighted by Crippen LogP contribution is -2.45. The standard InChI is InChI=1S/C13H14N2O2/c14-9-10-5-1-2-6-11(10)15-8-4-3-7-12(15)13(16)17/h1-2,5-6,12H,3-4,7-8H2,(H,16,17). The van der Waals surface area contributed by atoms with Crippen LogP contribution in [0.5, 0.6) is 0 Å². The minimum Gasteiger partial charge on any atom is -0.480 e. The van der Waals surface area contributed by atoms with E-state index in [1.54, 1.807) is 12.1 Å². The van der Waals surface area contributed by atoms with Crippen LogP contribution in [-0.2, 0) is 4.79 Å². The normalized spacial score (nSPS) is 19.7. The summed E-state index contributed by atoms with van der Waals surface area (Å²) < 4.78 is 0. The zero-order valence-corrected chi connectivity index (χ0v) is 9.47. The van der Waals surface area contributed by atoms with Gasteiger partial charge in [0.1, 0.15) is 12.1 Å². The summed E-state index contributed by atoms with van der Waals surface area (Å²) in [5, 5.41) is 18.3. The molecule has 1 N–H and O–H groups in total. The van der Waals surface area contributed by atoms with E-state index in [0.29, 0.717) is 18.5 Å². The van der Waals surface area contributed by atoms with E-state index in [2.05, 4.69) is 6.07 Å². The molecule has 1 aliphatic rings. The molecule has 1 aliphatic heterocycles. The molecule has 0 saturated carbocycles. The number of benzene rings is 1. The molecule has 4 heteroatoms. The molecular formula is C13H14N2O2. The first-order valence-corrected chi connectivity index (χ1v) is 5.72. The maximum atomic E-state index is 11.2. The van der Waals surface area contributed by atoms with E-state index in [9.17, 15) is 9.90 Å². The van der Waals surface area contributed by atoms with Crippen LogP contribution in [-0.4, -0.2) is 23.7 Å². The fourth-order valence-corrected chi connectivity index (χ4v) is 2.30. The predicted molar refractivity (Wildman–Crippen MR) is 63.8 cm³/mol. The highest BCUT2D eigenvalue weighted by atomic mass is 16.4. The number of aliphatic carboxylic acids is 1. The molecule has 1 atom stereocenters. The van der Waals surface area contributed by atoms with Crippen molar-refractivity contribution in [3.63, 3.8) is 0 Å². The Morgan fingerprint density at radius 1 is 1.41 bits per heavy atom. The fourth-order valence-electron chi connectivity index (χ4n) is 2.30. The Kier molecular flexibility index (Phi) is 3.29. The van der Waals surface area contributed by atoms with Gasteiger partial charge in [0.05, 0.1) is 11.3 Å². The number of rotatable bonds is 2. The zero-order valence-electron chi connectivity index (χ0n) is 9.47. The van der Waals surface area contributed by atoms with Crippen molar-refractivity contribution in [2.75, 3.05) is 11.4 Å². The molecule has 2 rings (SSSR count). The number of anilines is 1. The van der Waals surface area contributed by atoms with E-state index >= 15 is 0 Å². The van der Waals surface area contributed by atoms with Gasteiger partial charge in [0, 0.05) is 6.54 Å². The number of nitrogens with zero attached hydrogens (tertiary/aromatic N) is 2. The van der Waals surface area contributed by atoms with Crippen molar-refractivity contribution in [2.24, 2.45) is 0 Å². The maximum absolute atomic E-state index is 11.2. The van der Waals surface area contributed by atoms with Gasteiger partial charge in [-0.25, -0.2) is 4.79 Å². The van der Waals surface area contributed by atoms with E-state index < -0.39 is 12.0 Å². The van der Waals surface area contributed by atoms with Crippen LogP contribution in [0.4, 0.5) is 5.69 Å². The number of hydrogen-bond acceptors (Lipinski definition) is 3. The average molecular weight is 230 g/mol. The van der Waals surface area contributed by atoms with Crippen LogP contribution < -0.4 is 4.90 Å². The number of carbonyl (C=O) groups is 1. The molecule has 0 spiro atoms. The highest BCUT2D eigenvalue weighted by Gasteiger charge is 2.29. The Balaban J connectivity index is 2.36. The van der Waals surface area contributed by atoms with Crippen LogP contribution >= 0.6 is 0 Å². The Hall–Kier alpha value is -2.02. The Bertz CT molecular complexity index is 465. The van der Waals surface area contributed by atoms with Gasteiger partial charge in [-0.2, -0.15) is 5.26 Å². The molecule has 17 heavy (non-hydrogen) atoms. The number of para-hydroxylation sites is 1. The van der Waals surface area contributed by atoms with Gasteiger partial charge in [0.2, 0.25) is 0 Å². The highest BCUT2D eigenvalue weighted by molar-refractivity contribution is 5.79. The summed E-state index contributed by atoms with van der Waals surface area (Å²) in [6, 6.07) is 8.79. The Morgan fingerprint density at radius 3 is 2.88 bits per heavy atom. The van der Waals surface area contributed by atoms with E-state index in [0.717, 1.165) is 18.5 Å². The van der Waals surface area contributed by atoms with E-state index in [1.807, 2.05) is 17.0 Å². The summed E-state index contributed by atoms with van der Waals surface area (Å²) in [5.41, 5.74) is 1.28. The molecule has 0 aliphatic carbocycles. The quantitative estimate of drug-likeness (QED) is 0.844. The number of hydrogen-bond donors (Lipinski definition) is 1. The maximum Gasteiger partial charge on any atom is 0.326 e. The van der Waals surface area contributed by atoms with Crippen molar-refractivity contribution < 1.29 is 9.90 Å². The summed E-state index contributed by atoms with van der Waals surface area (Å²) >= 11 is 0. The minimum atomic E-state index is -0.808. The van der Waals surface area contributed by atoms with Crippen LogP contribution in [0.2, 0.25) is 0 Å². The lowest BCUT2D eigenvalue weighted by molar-refractivity contribution is -0.139. The summed E-state index contributed by atoms with van der Waals surface area (Å²) in [7, 11) is 0. The second-order valence-corrected chi connectivity index (χ2v) is 4.17. The van der Waals surface area contributed by atoms with E-state index in [-0.39, 0.29) is 0 Å². The topological polar surface area (TPSA) is 64.3 Å². The van der Waals surface area contributed by atoms with Gasteiger partial charge in [0.15, 0.2) is 0 Å². The van der Waals surface area contributed by atoms with Gasteiger partial charge >= 0.3 is 5.97 Å². The average Bonchev–Trinajstić information content (AvgIpc) is 2.38. The van der Waals surface area contributed by atoms with Crippen molar-refractivity contribution >= 4 is 11.7 Å². The van der Waals surface area contributed by atoms with Crippen LogP contribution in [0.1, 0.15) is 24.8 Å². The van der Waals surface area contributed by atoms with Crippen LogP contribution in [0, 0.1) is 11.3 Å².